The van der Waals surface area contributed by atoms with Gasteiger partial charge in [0.1, 0.15) is 5.75 Å². The minimum Gasteiger partial charge on any atom is -0.436 e. The van der Waals surface area contributed by atoms with Crippen LogP contribution in [0.2, 0.25) is 5.28 Å². The summed E-state index contributed by atoms with van der Waals surface area (Å²) in [6, 6.07) is 5.28. The maximum Gasteiger partial charge on any atom is 0.273 e. The third-order valence-electron chi connectivity index (χ3n) is 1.93. The molecule has 2 aromatic rings. The van der Waals surface area contributed by atoms with Crippen LogP contribution >= 0.6 is 11.6 Å². The molecule has 0 fully saturated rings. The summed E-state index contributed by atoms with van der Waals surface area (Å²) in [7, 11) is 0. The van der Waals surface area contributed by atoms with Gasteiger partial charge < -0.3 is 4.74 Å². The van der Waals surface area contributed by atoms with Crippen molar-refractivity contribution in [3.63, 3.8) is 0 Å². The SMILES string of the molecule is O=[N+]([O-])c1cccc(Oc2nc(Cl)ncc2F)c1. The lowest BCUT2D eigenvalue weighted by molar-refractivity contribution is -0.384. The summed E-state index contributed by atoms with van der Waals surface area (Å²) in [5.74, 6) is -1.13. The second-order valence-electron chi connectivity index (χ2n) is 3.15. The normalized spacial score (nSPS) is 10.1. The van der Waals surface area contributed by atoms with Crippen molar-refractivity contribution < 1.29 is 14.1 Å². The molecule has 0 aliphatic heterocycles. The van der Waals surface area contributed by atoms with E-state index in [1.807, 2.05) is 0 Å². The van der Waals surface area contributed by atoms with Crippen molar-refractivity contribution in [1.82, 2.24) is 9.97 Å². The third kappa shape index (κ3) is 2.69. The van der Waals surface area contributed by atoms with Crippen molar-refractivity contribution in [2.24, 2.45) is 0 Å². The average Bonchev–Trinajstić information content (AvgIpc) is 2.34. The summed E-state index contributed by atoms with van der Waals surface area (Å²) >= 11 is 5.49. The predicted molar refractivity (Wildman–Crippen MR) is 60.2 cm³/mol. The van der Waals surface area contributed by atoms with E-state index < -0.39 is 16.6 Å². The first-order chi connectivity index (χ1) is 8.56. The molecular weight excluding hydrogens is 265 g/mol. The van der Waals surface area contributed by atoms with Crippen molar-refractivity contribution >= 4 is 17.3 Å². The zero-order valence-electron chi connectivity index (χ0n) is 8.71. The van der Waals surface area contributed by atoms with Crippen LogP contribution in [-0.4, -0.2) is 14.9 Å². The molecule has 8 heteroatoms. The van der Waals surface area contributed by atoms with Gasteiger partial charge in [-0.25, -0.2) is 4.98 Å². The molecule has 2 rings (SSSR count). The highest BCUT2D eigenvalue weighted by Crippen LogP contribution is 2.25. The van der Waals surface area contributed by atoms with Crippen LogP contribution in [0.1, 0.15) is 0 Å². The number of hydrogen-bond donors (Lipinski definition) is 0. The molecule has 0 amide bonds. The molecule has 0 atom stereocenters. The van der Waals surface area contributed by atoms with Crippen molar-refractivity contribution in [3.05, 3.63) is 51.7 Å². The van der Waals surface area contributed by atoms with Gasteiger partial charge in [-0.05, 0) is 17.7 Å². The number of aromatic nitrogens is 2. The molecule has 0 radical (unpaired) electrons. The van der Waals surface area contributed by atoms with Gasteiger partial charge in [-0.2, -0.15) is 9.37 Å². The summed E-state index contributed by atoms with van der Waals surface area (Å²) in [5, 5.41) is 10.4. The molecule has 0 aliphatic rings. The number of nitro benzene ring substituents is 1. The number of benzene rings is 1. The van der Waals surface area contributed by atoms with Crippen LogP contribution in [0.5, 0.6) is 11.6 Å². The summed E-state index contributed by atoms with van der Waals surface area (Å²) in [6.45, 7) is 0. The zero-order valence-corrected chi connectivity index (χ0v) is 9.46. The Kier molecular flexibility index (Phi) is 3.33. The molecule has 0 bridgehead atoms. The highest BCUT2D eigenvalue weighted by Gasteiger charge is 2.11. The van der Waals surface area contributed by atoms with E-state index in [1.165, 1.54) is 18.2 Å². The number of nitro groups is 1. The third-order valence-corrected chi connectivity index (χ3v) is 2.11. The minimum absolute atomic E-state index is 0.0814. The van der Waals surface area contributed by atoms with Crippen molar-refractivity contribution in [2.45, 2.75) is 0 Å². The Bertz CT molecular complexity index is 609. The summed E-state index contributed by atoms with van der Waals surface area (Å²) in [4.78, 5) is 16.9. The largest absolute Gasteiger partial charge is 0.436 e. The van der Waals surface area contributed by atoms with Gasteiger partial charge in [-0.15, -0.1) is 0 Å². The summed E-state index contributed by atoms with van der Waals surface area (Å²) < 4.78 is 18.3. The smallest absolute Gasteiger partial charge is 0.273 e. The Morgan fingerprint density at radius 2 is 2.22 bits per heavy atom. The molecule has 0 unspecified atom stereocenters. The monoisotopic (exact) mass is 269 g/mol. The number of rotatable bonds is 3. The molecule has 1 heterocycles. The van der Waals surface area contributed by atoms with Gasteiger partial charge >= 0.3 is 0 Å². The fourth-order valence-electron chi connectivity index (χ4n) is 1.17. The van der Waals surface area contributed by atoms with E-state index in [2.05, 4.69) is 9.97 Å². The van der Waals surface area contributed by atoms with Crippen LogP contribution in [0.25, 0.3) is 0 Å². The second-order valence-corrected chi connectivity index (χ2v) is 3.49. The van der Waals surface area contributed by atoms with Crippen LogP contribution in [0.4, 0.5) is 10.1 Å². The Balaban J connectivity index is 2.31. The van der Waals surface area contributed by atoms with E-state index in [0.29, 0.717) is 0 Å². The van der Waals surface area contributed by atoms with Crippen LogP contribution in [-0.2, 0) is 0 Å². The number of ether oxygens (including phenoxy) is 1. The molecule has 1 aromatic heterocycles. The lowest BCUT2D eigenvalue weighted by atomic mass is 10.3. The molecular formula is C10H5ClFN3O3. The highest BCUT2D eigenvalue weighted by atomic mass is 35.5. The predicted octanol–water partition coefficient (Wildman–Crippen LogP) is 2.97. The van der Waals surface area contributed by atoms with Gasteiger partial charge in [0.05, 0.1) is 17.2 Å². The molecule has 92 valence electrons. The molecule has 1 aromatic carbocycles. The Morgan fingerprint density at radius 3 is 2.94 bits per heavy atom. The van der Waals surface area contributed by atoms with Crippen molar-refractivity contribution in [3.8, 4) is 11.6 Å². The van der Waals surface area contributed by atoms with E-state index in [-0.39, 0.29) is 16.7 Å². The standard InChI is InChI=1S/C10H5ClFN3O3/c11-10-13-5-8(12)9(14-10)18-7-3-1-2-6(4-7)15(16)17/h1-5H. The average molecular weight is 270 g/mol. The molecule has 6 nitrogen and oxygen atoms in total. The first-order valence-corrected chi connectivity index (χ1v) is 5.04. The molecule has 0 saturated carbocycles. The molecule has 0 N–H and O–H groups in total. The van der Waals surface area contributed by atoms with E-state index in [1.54, 1.807) is 0 Å². The van der Waals surface area contributed by atoms with Gasteiger partial charge in [-0.1, -0.05) is 6.07 Å². The molecule has 0 saturated heterocycles. The fraction of sp³-hybridized carbons (Fsp3) is 0. The van der Waals surface area contributed by atoms with Crippen LogP contribution in [0.3, 0.4) is 0 Å². The number of nitrogens with zero attached hydrogens (tertiary/aromatic N) is 3. The summed E-state index contributed by atoms with van der Waals surface area (Å²) in [6.07, 6.45) is 0.849. The minimum atomic E-state index is -0.814. The van der Waals surface area contributed by atoms with Crippen LogP contribution in [0.15, 0.2) is 30.5 Å². The maximum absolute atomic E-state index is 13.3. The lowest BCUT2D eigenvalue weighted by Crippen LogP contribution is -1.95. The van der Waals surface area contributed by atoms with E-state index in [9.17, 15) is 14.5 Å². The van der Waals surface area contributed by atoms with Crippen LogP contribution in [0, 0.1) is 15.9 Å². The number of halogens is 2. The molecule has 0 spiro atoms. The Hall–Kier alpha value is -2.28. The Morgan fingerprint density at radius 1 is 1.44 bits per heavy atom. The zero-order chi connectivity index (χ0) is 13.1. The van der Waals surface area contributed by atoms with Gasteiger partial charge in [0.15, 0.2) is 0 Å². The van der Waals surface area contributed by atoms with E-state index in [4.69, 9.17) is 16.3 Å². The van der Waals surface area contributed by atoms with Gasteiger partial charge in [0.25, 0.3) is 11.6 Å². The fourth-order valence-corrected chi connectivity index (χ4v) is 1.30. The number of non-ortho nitro benzene ring substituents is 1. The van der Waals surface area contributed by atoms with E-state index in [0.717, 1.165) is 12.3 Å². The quantitative estimate of drug-likeness (QED) is 0.486. The lowest BCUT2D eigenvalue weighted by Gasteiger charge is -2.04. The highest BCUT2D eigenvalue weighted by molar-refractivity contribution is 6.28. The topological polar surface area (TPSA) is 78.2 Å². The van der Waals surface area contributed by atoms with Crippen molar-refractivity contribution in [1.29, 1.82) is 0 Å². The second kappa shape index (κ2) is 4.92. The van der Waals surface area contributed by atoms with Crippen molar-refractivity contribution in [2.75, 3.05) is 0 Å². The van der Waals surface area contributed by atoms with Crippen LogP contribution < -0.4 is 4.74 Å². The first kappa shape index (κ1) is 12.2. The van der Waals surface area contributed by atoms with Gasteiger partial charge in [0.2, 0.25) is 11.1 Å². The van der Waals surface area contributed by atoms with E-state index >= 15 is 0 Å². The maximum atomic E-state index is 13.3. The molecule has 18 heavy (non-hydrogen) atoms. The van der Waals surface area contributed by atoms with Gasteiger partial charge in [0, 0.05) is 6.07 Å². The molecule has 0 aliphatic carbocycles. The Labute approximate surface area is 105 Å². The first-order valence-electron chi connectivity index (χ1n) is 4.66. The number of hydrogen-bond acceptors (Lipinski definition) is 5. The summed E-state index contributed by atoms with van der Waals surface area (Å²) in [5.41, 5.74) is -0.173. The van der Waals surface area contributed by atoms with Gasteiger partial charge in [-0.3, -0.25) is 10.1 Å².